The van der Waals surface area contributed by atoms with Crippen molar-refractivity contribution in [2.45, 2.75) is 18.2 Å². The Balaban J connectivity index is 2.20. The number of methoxy groups -OCH3 is 1. The van der Waals surface area contributed by atoms with Gasteiger partial charge in [-0.3, -0.25) is 19.8 Å². The molecule has 1 heterocycles. The molecule has 2 rings (SSSR count). The molecule has 0 aliphatic carbocycles. The average molecular weight is 400 g/mol. The van der Waals surface area contributed by atoms with Crippen molar-refractivity contribution in [3.05, 3.63) is 28.3 Å². The van der Waals surface area contributed by atoms with Gasteiger partial charge in [-0.25, -0.2) is 8.42 Å². The summed E-state index contributed by atoms with van der Waals surface area (Å²) in [7, 11) is -2.69. The van der Waals surface area contributed by atoms with Crippen LogP contribution in [0.4, 0.5) is 5.69 Å². The summed E-state index contributed by atoms with van der Waals surface area (Å²) >= 11 is 0. The van der Waals surface area contributed by atoms with Gasteiger partial charge in [0.05, 0.1) is 24.6 Å². The first-order chi connectivity index (χ1) is 12.8. The number of amides is 1. The molecule has 27 heavy (non-hydrogen) atoms. The number of carbonyl (C=O) groups is 1. The lowest BCUT2D eigenvalue weighted by atomic mass is 10.3. The summed E-state index contributed by atoms with van der Waals surface area (Å²) in [6.07, 6.45) is 0.530. The molecule has 1 saturated heterocycles. The van der Waals surface area contributed by atoms with Crippen molar-refractivity contribution >= 4 is 21.6 Å². The second-order valence-corrected chi connectivity index (χ2v) is 7.98. The maximum atomic E-state index is 13.0. The summed E-state index contributed by atoms with van der Waals surface area (Å²) in [5.74, 6) is 0.101. The monoisotopic (exact) mass is 400 g/mol. The molecule has 1 N–H and O–H groups in total. The molecule has 10 nitrogen and oxygen atoms in total. The van der Waals surface area contributed by atoms with Gasteiger partial charge in [0.1, 0.15) is 5.75 Å². The second-order valence-electron chi connectivity index (χ2n) is 6.08. The summed E-state index contributed by atoms with van der Waals surface area (Å²) in [6, 6.07) is 3.69. The number of hydrogen-bond acceptors (Lipinski definition) is 7. The van der Waals surface area contributed by atoms with Crippen LogP contribution in [0.1, 0.15) is 13.3 Å². The van der Waals surface area contributed by atoms with Crippen LogP contribution in [0.2, 0.25) is 0 Å². The van der Waals surface area contributed by atoms with Crippen molar-refractivity contribution < 1.29 is 22.9 Å². The molecular formula is C16H24N4O6S. The van der Waals surface area contributed by atoms with Gasteiger partial charge in [0.25, 0.3) is 5.69 Å². The first-order valence-electron chi connectivity index (χ1n) is 8.61. The molecule has 0 saturated carbocycles. The third kappa shape index (κ3) is 5.15. The zero-order valence-corrected chi connectivity index (χ0v) is 16.2. The summed E-state index contributed by atoms with van der Waals surface area (Å²) in [6.45, 7) is 3.91. The Bertz CT molecular complexity index is 798. The van der Waals surface area contributed by atoms with E-state index in [0.717, 1.165) is 6.07 Å². The molecule has 11 heteroatoms. The molecule has 1 aliphatic heterocycles. The summed E-state index contributed by atoms with van der Waals surface area (Å²) < 4.78 is 32.1. The van der Waals surface area contributed by atoms with Gasteiger partial charge in [0.2, 0.25) is 15.9 Å². The van der Waals surface area contributed by atoms with E-state index in [-0.39, 0.29) is 36.2 Å². The third-order valence-corrected chi connectivity index (χ3v) is 6.22. The minimum absolute atomic E-state index is 0.111. The van der Waals surface area contributed by atoms with E-state index in [1.807, 2.05) is 11.8 Å². The fourth-order valence-corrected chi connectivity index (χ4v) is 4.53. The van der Waals surface area contributed by atoms with Crippen molar-refractivity contribution in [2.75, 3.05) is 46.4 Å². The Morgan fingerprint density at radius 3 is 2.67 bits per heavy atom. The molecule has 0 spiro atoms. The van der Waals surface area contributed by atoms with E-state index in [4.69, 9.17) is 4.74 Å². The Morgan fingerprint density at radius 1 is 1.30 bits per heavy atom. The molecule has 0 radical (unpaired) electrons. The highest BCUT2D eigenvalue weighted by Gasteiger charge is 2.33. The lowest BCUT2D eigenvalue weighted by Crippen LogP contribution is -2.40. The minimum Gasteiger partial charge on any atom is -0.497 e. The molecule has 0 atom stereocenters. The molecule has 1 fully saturated rings. The normalized spacial score (nSPS) is 16.5. The maximum Gasteiger partial charge on any atom is 0.293 e. The topological polar surface area (TPSA) is 122 Å². The van der Waals surface area contributed by atoms with Crippen LogP contribution in [-0.2, 0) is 14.8 Å². The van der Waals surface area contributed by atoms with E-state index in [1.165, 1.54) is 23.5 Å². The highest BCUT2D eigenvalue weighted by molar-refractivity contribution is 7.89. The molecule has 0 bridgehead atoms. The van der Waals surface area contributed by atoms with Crippen LogP contribution < -0.4 is 10.1 Å². The molecular weight excluding hydrogens is 376 g/mol. The average Bonchev–Trinajstić information content (AvgIpc) is 2.87. The SMILES string of the molecule is CCNC(=O)CN1CCCN(S(=O)(=O)c2ccc(OC)cc2[N+](=O)[O-])CC1. The molecule has 1 amide bonds. The van der Waals surface area contributed by atoms with Gasteiger partial charge in [-0.2, -0.15) is 4.31 Å². The quantitative estimate of drug-likeness (QED) is 0.520. The standard InChI is InChI=1S/C16H24N4O6S/c1-3-17-16(21)12-18-7-4-8-19(10-9-18)27(24,25)15-6-5-13(26-2)11-14(15)20(22)23/h5-6,11H,3-4,7-10,12H2,1-2H3,(H,17,21). The number of rotatable bonds is 7. The number of ether oxygens (including phenoxy) is 1. The van der Waals surface area contributed by atoms with E-state index < -0.39 is 20.6 Å². The van der Waals surface area contributed by atoms with Gasteiger partial charge < -0.3 is 10.1 Å². The van der Waals surface area contributed by atoms with Gasteiger partial charge in [-0.1, -0.05) is 0 Å². The smallest absolute Gasteiger partial charge is 0.293 e. The van der Waals surface area contributed by atoms with E-state index in [2.05, 4.69) is 5.32 Å². The predicted molar refractivity (Wildman–Crippen MR) is 98.1 cm³/mol. The van der Waals surface area contributed by atoms with Crippen molar-refractivity contribution in [3.8, 4) is 5.75 Å². The fraction of sp³-hybridized carbons (Fsp3) is 0.562. The van der Waals surface area contributed by atoms with Crippen LogP contribution in [0.5, 0.6) is 5.75 Å². The lowest BCUT2D eigenvalue weighted by Gasteiger charge is -2.21. The van der Waals surface area contributed by atoms with E-state index in [0.29, 0.717) is 26.1 Å². The molecule has 1 aliphatic rings. The van der Waals surface area contributed by atoms with Crippen molar-refractivity contribution in [2.24, 2.45) is 0 Å². The number of nitro groups is 1. The highest BCUT2D eigenvalue weighted by Crippen LogP contribution is 2.30. The number of nitrogens with zero attached hydrogens (tertiary/aromatic N) is 3. The van der Waals surface area contributed by atoms with Crippen LogP contribution in [0.3, 0.4) is 0 Å². The molecule has 1 aromatic rings. The van der Waals surface area contributed by atoms with Crippen molar-refractivity contribution in [1.82, 2.24) is 14.5 Å². The molecule has 0 unspecified atom stereocenters. The van der Waals surface area contributed by atoms with Crippen LogP contribution >= 0.6 is 0 Å². The van der Waals surface area contributed by atoms with Crippen LogP contribution in [0.15, 0.2) is 23.1 Å². The number of sulfonamides is 1. The minimum atomic E-state index is -4.04. The van der Waals surface area contributed by atoms with Gasteiger partial charge in [0, 0.05) is 26.2 Å². The van der Waals surface area contributed by atoms with Crippen LogP contribution in [-0.4, -0.2) is 74.8 Å². The highest BCUT2D eigenvalue weighted by atomic mass is 32.2. The fourth-order valence-electron chi connectivity index (χ4n) is 2.93. The predicted octanol–water partition coefficient (Wildman–Crippen LogP) is 0.436. The Hall–Kier alpha value is -2.24. The number of nitro benzene ring substituents is 1. The van der Waals surface area contributed by atoms with Gasteiger partial charge in [-0.05, 0) is 32.0 Å². The Labute approximate surface area is 158 Å². The number of likely N-dealkylation sites (N-methyl/N-ethyl adjacent to an activating group) is 1. The number of carbonyl (C=O) groups excluding carboxylic acids is 1. The summed E-state index contributed by atoms with van der Waals surface area (Å²) in [4.78, 5) is 23.9. The van der Waals surface area contributed by atoms with Crippen molar-refractivity contribution in [1.29, 1.82) is 0 Å². The zero-order chi connectivity index (χ0) is 20.0. The summed E-state index contributed by atoms with van der Waals surface area (Å²) in [5, 5.41) is 14.0. The van der Waals surface area contributed by atoms with Gasteiger partial charge in [0.15, 0.2) is 4.90 Å². The molecule has 0 aromatic heterocycles. The largest absolute Gasteiger partial charge is 0.497 e. The second kappa shape index (κ2) is 9.11. The molecule has 1 aromatic carbocycles. The van der Waals surface area contributed by atoms with Crippen LogP contribution in [0.25, 0.3) is 0 Å². The van der Waals surface area contributed by atoms with E-state index in [9.17, 15) is 23.3 Å². The van der Waals surface area contributed by atoms with E-state index in [1.54, 1.807) is 0 Å². The van der Waals surface area contributed by atoms with Gasteiger partial charge >= 0.3 is 0 Å². The van der Waals surface area contributed by atoms with Crippen molar-refractivity contribution in [3.63, 3.8) is 0 Å². The third-order valence-electron chi connectivity index (χ3n) is 4.27. The Kier molecular flexibility index (Phi) is 7.11. The lowest BCUT2D eigenvalue weighted by molar-refractivity contribution is -0.387. The zero-order valence-electron chi connectivity index (χ0n) is 15.4. The summed E-state index contributed by atoms with van der Waals surface area (Å²) in [5.41, 5.74) is -0.516. The maximum absolute atomic E-state index is 13.0. The van der Waals surface area contributed by atoms with Gasteiger partial charge in [-0.15, -0.1) is 0 Å². The first-order valence-corrected chi connectivity index (χ1v) is 10.0. The number of hydrogen-bond donors (Lipinski definition) is 1. The molecule has 150 valence electrons. The first kappa shape index (κ1) is 21.1. The van der Waals surface area contributed by atoms with Crippen LogP contribution in [0, 0.1) is 10.1 Å². The van der Waals surface area contributed by atoms with E-state index >= 15 is 0 Å². The number of benzene rings is 1. The number of nitrogens with one attached hydrogen (secondary N) is 1. The Morgan fingerprint density at radius 2 is 2.04 bits per heavy atom.